The molecule has 2 aliphatic rings. The predicted molar refractivity (Wildman–Crippen MR) is 128 cm³/mol. The van der Waals surface area contributed by atoms with E-state index in [2.05, 4.69) is 6.07 Å². The molecule has 0 unspecified atom stereocenters. The number of ketones is 1. The highest BCUT2D eigenvalue weighted by molar-refractivity contribution is 7.15. The number of hydrogen-bond donors (Lipinski definition) is 1. The van der Waals surface area contributed by atoms with Crippen LogP contribution in [0.3, 0.4) is 0 Å². The number of carbonyl (C=O) groups is 2. The highest BCUT2D eigenvalue weighted by Crippen LogP contribution is 2.39. The van der Waals surface area contributed by atoms with Crippen LogP contribution in [-0.4, -0.2) is 28.2 Å². The topological polar surface area (TPSA) is 57.6 Å². The lowest BCUT2D eigenvalue weighted by Gasteiger charge is -2.27. The lowest BCUT2D eigenvalue weighted by molar-refractivity contribution is -0.133. The summed E-state index contributed by atoms with van der Waals surface area (Å²) in [7, 11) is 0. The van der Waals surface area contributed by atoms with E-state index in [-0.39, 0.29) is 17.5 Å². The van der Waals surface area contributed by atoms with Crippen LogP contribution in [0.15, 0.2) is 54.6 Å². The smallest absolute Gasteiger partial charge is 0.225 e. The molecule has 0 radical (unpaired) electrons. The van der Waals surface area contributed by atoms with Gasteiger partial charge in [0.2, 0.25) is 5.91 Å². The Morgan fingerprint density at radius 1 is 1.12 bits per heavy atom. The maximum absolute atomic E-state index is 12.9. The molecular weight excluding hydrogens is 418 g/mol. The fourth-order valence-corrected chi connectivity index (χ4v) is 5.34. The summed E-state index contributed by atoms with van der Waals surface area (Å²) in [5, 5.41) is 10.6. The van der Waals surface area contributed by atoms with E-state index in [1.54, 1.807) is 23.5 Å². The fourth-order valence-electron chi connectivity index (χ4n) is 4.19. The summed E-state index contributed by atoms with van der Waals surface area (Å²) < 4.78 is 0. The van der Waals surface area contributed by atoms with Gasteiger partial charge in [-0.2, -0.15) is 0 Å². The SMILES string of the molecule is Cc1cc(-c2cc3c(s2)CCN(C(=O)C2CC2)C3)cc(C(=O)/C=C/c2ccccc2)c1O. The Bertz CT molecular complexity index is 1220. The third-order valence-electron chi connectivity index (χ3n) is 6.18. The van der Waals surface area contributed by atoms with Gasteiger partial charge in [-0.1, -0.05) is 36.4 Å². The van der Waals surface area contributed by atoms with Crippen LogP contribution in [0, 0.1) is 12.8 Å². The lowest BCUT2D eigenvalue weighted by Crippen LogP contribution is -2.36. The standard InChI is InChI=1S/C27H25NO3S/c1-17-13-20(14-22(26(17)30)23(29)10-7-18-5-3-2-4-6-18)25-15-21-16-28(12-11-24(21)32-25)27(31)19-8-9-19/h2-7,10,13-15,19,30H,8-9,11-12,16H2,1H3/b10-7+. The molecule has 1 N–H and O–H groups in total. The van der Waals surface area contributed by atoms with Crippen molar-refractivity contribution in [2.45, 2.75) is 32.7 Å². The van der Waals surface area contributed by atoms with Crippen LogP contribution < -0.4 is 0 Å². The number of carbonyl (C=O) groups excluding carboxylic acids is 2. The van der Waals surface area contributed by atoms with Crippen LogP contribution in [0.5, 0.6) is 5.75 Å². The van der Waals surface area contributed by atoms with Gasteiger partial charge in [-0.05, 0) is 72.7 Å². The molecule has 0 spiro atoms. The van der Waals surface area contributed by atoms with Gasteiger partial charge in [-0.25, -0.2) is 0 Å². The fraction of sp³-hybridized carbons (Fsp3) is 0.259. The number of phenolic OH excluding ortho intramolecular Hbond substituents is 1. The highest BCUT2D eigenvalue weighted by atomic mass is 32.1. The molecule has 32 heavy (non-hydrogen) atoms. The first-order chi connectivity index (χ1) is 15.5. The average molecular weight is 444 g/mol. The number of fused-ring (bicyclic) bond motifs is 1. The Kier molecular flexibility index (Phi) is 5.43. The molecule has 0 saturated heterocycles. The first-order valence-electron chi connectivity index (χ1n) is 11.0. The zero-order chi connectivity index (χ0) is 22.2. The van der Waals surface area contributed by atoms with Crippen molar-refractivity contribution in [2.75, 3.05) is 6.54 Å². The molecule has 1 amide bonds. The van der Waals surface area contributed by atoms with E-state index in [0.29, 0.717) is 23.6 Å². The van der Waals surface area contributed by atoms with Gasteiger partial charge in [0.15, 0.2) is 5.78 Å². The number of rotatable bonds is 5. The van der Waals surface area contributed by atoms with Crippen LogP contribution in [0.25, 0.3) is 16.5 Å². The molecule has 2 heterocycles. The third-order valence-corrected chi connectivity index (χ3v) is 7.47. The summed E-state index contributed by atoms with van der Waals surface area (Å²) >= 11 is 1.72. The number of aromatic hydroxyl groups is 1. The molecule has 0 bridgehead atoms. The minimum absolute atomic E-state index is 0.0268. The van der Waals surface area contributed by atoms with Gasteiger partial charge < -0.3 is 10.0 Å². The van der Waals surface area contributed by atoms with E-state index in [9.17, 15) is 14.7 Å². The van der Waals surface area contributed by atoms with Crippen molar-refractivity contribution in [3.05, 3.63) is 81.7 Å². The van der Waals surface area contributed by atoms with Gasteiger partial charge in [-0.15, -0.1) is 11.3 Å². The number of hydrogen-bond acceptors (Lipinski definition) is 4. The molecule has 1 saturated carbocycles. The molecule has 1 aliphatic carbocycles. The van der Waals surface area contributed by atoms with Gasteiger partial charge >= 0.3 is 0 Å². The molecule has 4 nitrogen and oxygen atoms in total. The van der Waals surface area contributed by atoms with E-state index in [1.165, 1.54) is 16.5 Å². The summed E-state index contributed by atoms with van der Waals surface area (Å²) in [6.07, 6.45) is 6.20. The number of aryl methyl sites for hydroxylation is 1. The van der Waals surface area contributed by atoms with E-state index in [4.69, 9.17) is 0 Å². The van der Waals surface area contributed by atoms with E-state index in [0.717, 1.165) is 41.8 Å². The van der Waals surface area contributed by atoms with Gasteiger partial charge in [0, 0.05) is 28.8 Å². The van der Waals surface area contributed by atoms with Crippen molar-refractivity contribution in [1.29, 1.82) is 0 Å². The Balaban J connectivity index is 1.41. The average Bonchev–Trinajstić information content (AvgIpc) is 3.57. The van der Waals surface area contributed by atoms with Crippen LogP contribution in [-0.2, 0) is 17.8 Å². The largest absolute Gasteiger partial charge is 0.507 e. The van der Waals surface area contributed by atoms with Gasteiger partial charge in [0.25, 0.3) is 0 Å². The van der Waals surface area contributed by atoms with Crippen LogP contribution in [0.1, 0.15) is 44.8 Å². The molecule has 0 atom stereocenters. The molecular formula is C27H25NO3S. The number of thiophene rings is 1. The minimum Gasteiger partial charge on any atom is -0.507 e. The molecule has 2 aromatic carbocycles. The summed E-state index contributed by atoms with van der Waals surface area (Å²) in [4.78, 5) is 29.7. The highest BCUT2D eigenvalue weighted by Gasteiger charge is 2.35. The van der Waals surface area contributed by atoms with Crippen molar-refractivity contribution in [3.8, 4) is 16.2 Å². The minimum atomic E-state index is -0.223. The van der Waals surface area contributed by atoms with Crippen molar-refractivity contribution >= 4 is 29.1 Å². The molecule has 1 aliphatic heterocycles. The monoisotopic (exact) mass is 443 g/mol. The number of benzene rings is 2. The second-order valence-corrected chi connectivity index (χ2v) is 9.78. The molecule has 5 rings (SSSR count). The second-order valence-electron chi connectivity index (χ2n) is 8.64. The molecule has 162 valence electrons. The van der Waals surface area contributed by atoms with Gasteiger partial charge in [0.1, 0.15) is 5.75 Å². The third kappa shape index (κ3) is 4.13. The maximum Gasteiger partial charge on any atom is 0.225 e. The quantitative estimate of drug-likeness (QED) is 0.411. The predicted octanol–water partition coefficient (Wildman–Crippen LogP) is 5.62. The number of nitrogens with zero attached hydrogens (tertiary/aromatic N) is 1. The van der Waals surface area contributed by atoms with Crippen molar-refractivity contribution < 1.29 is 14.7 Å². The summed E-state index contributed by atoms with van der Waals surface area (Å²) in [6, 6.07) is 15.5. The lowest BCUT2D eigenvalue weighted by atomic mass is 9.99. The zero-order valence-corrected chi connectivity index (χ0v) is 18.8. The summed E-state index contributed by atoms with van der Waals surface area (Å²) in [6.45, 7) is 3.27. The Morgan fingerprint density at radius 2 is 1.91 bits per heavy atom. The Morgan fingerprint density at radius 3 is 2.66 bits per heavy atom. The summed E-state index contributed by atoms with van der Waals surface area (Å²) in [5.41, 5.74) is 4.05. The van der Waals surface area contributed by atoms with Crippen LogP contribution >= 0.6 is 11.3 Å². The Labute approximate surface area is 191 Å². The number of phenols is 1. The van der Waals surface area contributed by atoms with Gasteiger partial charge in [-0.3, -0.25) is 9.59 Å². The van der Waals surface area contributed by atoms with Crippen molar-refractivity contribution in [2.24, 2.45) is 5.92 Å². The number of allylic oxidation sites excluding steroid dienone is 1. The van der Waals surface area contributed by atoms with Crippen molar-refractivity contribution in [1.82, 2.24) is 4.90 Å². The molecule has 5 heteroatoms. The first-order valence-corrected chi connectivity index (χ1v) is 11.8. The Hall–Kier alpha value is -3.18. The van der Waals surface area contributed by atoms with Crippen molar-refractivity contribution in [3.63, 3.8) is 0 Å². The first kappa shape index (κ1) is 20.7. The van der Waals surface area contributed by atoms with E-state index in [1.807, 2.05) is 48.2 Å². The summed E-state index contributed by atoms with van der Waals surface area (Å²) in [5.74, 6) is 0.340. The van der Waals surface area contributed by atoms with E-state index >= 15 is 0 Å². The second kappa shape index (κ2) is 8.40. The van der Waals surface area contributed by atoms with Crippen LogP contribution in [0.4, 0.5) is 0 Å². The molecule has 1 fully saturated rings. The van der Waals surface area contributed by atoms with Crippen LogP contribution in [0.2, 0.25) is 0 Å². The molecule has 1 aromatic heterocycles. The zero-order valence-electron chi connectivity index (χ0n) is 18.0. The van der Waals surface area contributed by atoms with E-state index < -0.39 is 0 Å². The maximum atomic E-state index is 12.9. The molecule has 3 aromatic rings. The normalized spacial score (nSPS) is 15.7. The van der Waals surface area contributed by atoms with Gasteiger partial charge in [0.05, 0.1) is 5.56 Å². The number of amides is 1.